The number of rotatable bonds is 6. The molecule has 0 fully saturated rings. The van der Waals surface area contributed by atoms with E-state index in [0.717, 1.165) is 0 Å². The van der Waals surface area contributed by atoms with Crippen LogP contribution in [-0.4, -0.2) is 0 Å². The van der Waals surface area contributed by atoms with Crippen LogP contribution in [0.25, 0.3) is 121 Å². The van der Waals surface area contributed by atoms with Crippen LogP contribution in [-0.2, 0) is 5.41 Å². The molecule has 0 saturated heterocycles. The molecule has 12 aromatic carbocycles. The summed E-state index contributed by atoms with van der Waals surface area (Å²) in [6, 6.07) is 86.3. The fraction of sp³-hybridized carbons (Fsp3) is 0.0725. The van der Waals surface area contributed by atoms with Gasteiger partial charge in [0.1, 0.15) is 0 Å². The lowest BCUT2D eigenvalue weighted by atomic mass is 9.80. The molecule has 0 spiro atoms. The highest BCUT2D eigenvalue weighted by Gasteiger charge is 2.36. The molecule has 0 aliphatic heterocycles. The molecule has 1 aliphatic rings. The van der Waals surface area contributed by atoms with Gasteiger partial charge in [-0.2, -0.15) is 0 Å². The Labute approximate surface area is 404 Å². The van der Waals surface area contributed by atoms with Gasteiger partial charge in [-0.3, -0.25) is 0 Å². The van der Waals surface area contributed by atoms with Gasteiger partial charge in [-0.25, -0.2) is 0 Å². The number of hydrogen-bond acceptors (Lipinski definition) is 0. The topological polar surface area (TPSA) is 0 Å². The molecule has 0 aromatic heterocycles. The lowest BCUT2D eigenvalue weighted by molar-refractivity contribution is 0.661. The number of aryl methyl sites for hydroxylation is 2. The van der Waals surface area contributed by atoms with Gasteiger partial charge in [0, 0.05) is 5.41 Å². The molecule has 0 nitrogen and oxygen atoms in total. The van der Waals surface area contributed by atoms with Gasteiger partial charge in [-0.05, 0) is 158 Å². The Balaban J connectivity index is 0.830. The number of benzene rings is 12. The molecule has 0 bridgehead atoms. The fourth-order valence-electron chi connectivity index (χ4n) is 11.9. The Morgan fingerprint density at radius 2 is 0.507 bits per heavy atom. The van der Waals surface area contributed by atoms with Crippen LogP contribution in [0.1, 0.15) is 36.1 Å². The van der Waals surface area contributed by atoms with Crippen molar-refractivity contribution in [2.24, 2.45) is 0 Å². The summed E-state index contributed by atoms with van der Waals surface area (Å²) < 4.78 is 0. The van der Waals surface area contributed by atoms with Gasteiger partial charge in [-0.1, -0.05) is 243 Å². The molecular formula is C69H50. The van der Waals surface area contributed by atoms with E-state index >= 15 is 0 Å². The van der Waals surface area contributed by atoms with E-state index in [0.29, 0.717) is 0 Å². The van der Waals surface area contributed by atoms with Gasteiger partial charge in [0.2, 0.25) is 0 Å². The zero-order chi connectivity index (χ0) is 46.4. The first-order chi connectivity index (χ1) is 33.8. The summed E-state index contributed by atoms with van der Waals surface area (Å²) >= 11 is 0. The second-order valence-electron chi connectivity index (χ2n) is 19.7. The molecule has 0 N–H and O–H groups in total. The minimum atomic E-state index is -0.162. The van der Waals surface area contributed by atoms with E-state index in [9.17, 15) is 0 Å². The highest BCUT2D eigenvalue weighted by atomic mass is 14.4. The minimum Gasteiger partial charge on any atom is -0.0616 e. The first-order valence-corrected chi connectivity index (χ1v) is 24.3. The molecule has 0 amide bonds. The van der Waals surface area contributed by atoms with Crippen LogP contribution < -0.4 is 0 Å². The number of fused-ring (bicyclic) bond motifs is 7. The van der Waals surface area contributed by atoms with Crippen molar-refractivity contribution in [2.75, 3.05) is 0 Å². The van der Waals surface area contributed by atoms with Crippen molar-refractivity contribution in [1.82, 2.24) is 0 Å². The Bertz CT molecular complexity index is 3650. The average molecular weight is 879 g/mol. The van der Waals surface area contributed by atoms with Crippen molar-refractivity contribution in [3.63, 3.8) is 0 Å². The van der Waals surface area contributed by atoms with Crippen molar-refractivity contribution in [1.29, 1.82) is 0 Å². The molecule has 13 rings (SSSR count). The lowest BCUT2D eigenvalue weighted by Gasteiger charge is -2.23. The molecule has 0 unspecified atom stereocenters. The van der Waals surface area contributed by atoms with Crippen LogP contribution in [0.15, 0.2) is 231 Å². The molecule has 0 radical (unpaired) electrons. The average Bonchev–Trinajstić information content (AvgIpc) is 3.61. The van der Waals surface area contributed by atoms with Crippen molar-refractivity contribution >= 4 is 43.1 Å². The second kappa shape index (κ2) is 15.9. The van der Waals surface area contributed by atoms with Crippen LogP contribution in [0.3, 0.4) is 0 Å². The van der Waals surface area contributed by atoms with E-state index in [1.54, 1.807) is 0 Å². The zero-order valence-corrected chi connectivity index (χ0v) is 39.4. The van der Waals surface area contributed by atoms with E-state index in [2.05, 4.69) is 258 Å². The zero-order valence-electron chi connectivity index (χ0n) is 39.4. The van der Waals surface area contributed by atoms with E-state index in [4.69, 9.17) is 0 Å². The van der Waals surface area contributed by atoms with Gasteiger partial charge in [0.15, 0.2) is 0 Å². The quantitative estimate of drug-likeness (QED) is 0.146. The third-order valence-corrected chi connectivity index (χ3v) is 15.2. The molecule has 0 heterocycles. The van der Waals surface area contributed by atoms with Gasteiger partial charge < -0.3 is 0 Å². The monoisotopic (exact) mass is 878 g/mol. The van der Waals surface area contributed by atoms with Crippen molar-refractivity contribution in [3.05, 3.63) is 253 Å². The summed E-state index contributed by atoms with van der Waals surface area (Å²) in [6.45, 7) is 9.14. The predicted molar refractivity (Wildman–Crippen MR) is 296 cm³/mol. The third kappa shape index (κ3) is 6.58. The predicted octanol–water partition coefficient (Wildman–Crippen LogP) is 19.2. The standard InChI is InChI=1S/C69H50/c1-43-15-13-17-51(39-43)67-59-23-9-5-19-55(59)65(56-20-6-10-24-60(56)67)47-31-27-45(28-32-47)49-35-37-53-54-38-36-50(42-64(54)69(3,4)63(53)41-49)46-29-33-48(34-30-46)66-57-21-7-11-25-61(57)68(52-18-14-16-44(2)40-52)62-26-12-8-22-58(62)66/h5-42H,1-4H3. The minimum absolute atomic E-state index is 0.162. The number of hydrogen-bond donors (Lipinski definition) is 0. The molecule has 1 aliphatic carbocycles. The Morgan fingerprint density at radius 3 is 0.812 bits per heavy atom. The van der Waals surface area contributed by atoms with E-state index in [1.807, 2.05) is 0 Å². The largest absolute Gasteiger partial charge is 0.0616 e. The smallest absolute Gasteiger partial charge is 0.0159 e. The van der Waals surface area contributed by atoms with Crippen molar-refractivity contribution in [3.8, 4) is 77.9 Å². The van der Waals surface area contributed by atoms with Gasteiger partial charge in [-0.15, -0.1) is 0 Å². The van der Waals surface area contributed by atoms with Gasteiger partial charge >= 0.3 is 0 Å². The summed E-state index contributed by atoms with van der Waals surface area (Å²) in [7, 11) is 0. The summed E-state index contributed by atoms with van der Waals surface area (Å²) in [4.78, 5) is 0. The normalized spacial score (nSPS) is 12.8. The Morgan fingerprint density at radius 1 is 0.232 bits per heavy atom. The molecular weight excluding hydrogens is 829 g/mol. The SMILES string of the molecule is Cc1cccc(-c2c3ccccc3c(-c3ccc(-c4ccc5c(c4)C(C)(C)c4cc(-c6ccc(-c7c8ccccc8c(-c8cccc(C)c8)c8ccccc78)cc6)ccc4-5)cc3)c3ccccc23)c1. The van der Waals surface area contributed by atoms with E-state index in [1.165, 1.54) is 143 Å². The molecule has 12 aromatic rings. The van der Waals surface area contributed by atoms with E-state index < -0.39 is 0 Å². The Kier molecular flexibility index (Phi) is 9.43. The van der Waals surface area contributed by atoms with Gasteiger partial charge in [0.05, 0.1) is 0 Å². The van der Waals surface area contributed by atoms with Gasteiger partial charge in [0.25, 0.3) is 0 Å². The molecule has 69 heavy (non-hydrogen) atoms. The van der Waals surface area contributed by atoms with Crippen molar-refractivity contribution in [2.45, 2.75) is 33.1 Å². The molecule has 0 atom stereocenters. The van der Waals surface area contributed by atoms with E-state index in [-0.39, 0.29) is 5.41 Å². The molecule has 326 valence electrons. The second-order valence-corrected chi connectivity index (χ2v) is 19.7. The summed E-state index contributed by atoms with van der Waals surface area (Å²) in [6.07, 6.45) is 0. The summed E-state index contributed by atoms with van der Waals surface area (Å²) in [5, 5.41) is 10.2. The lowest BCUT2D eigenvalue weighted by Crippen LogP contribution is -2.15. The maximum atomic E-state index is 2.44. The maximum Gasteiger partial charge on any atom is 0.0159 e. The molecule has 0 heteroatoms. The fourth-order valence-corrected chi connectivity index (χ4v) is 11.9. The first kappa shape index (κ1) is 40.9. The van der Waals surface area contributed by atoms with Crippen LogP contribution in [0.2, 0.25) is 0 Å². The van der Waals surface area contributed by atoms with Crippen LogP contribution >= 0.6 is 0 Å². The van der Waals surface area contributed by atoms with Crippen LogP contribution in [0.4, 0.5) is 0 Å². The molecule has 0 saturated carbocycles. The maximum absolute atomic E-state index is 2.44. The third-order valence-electron chi connectivity index (χ3n) is 15.2. The summed E-state index contributed by atoms with van der Waals surface area (Å²) in [5.41, 5.74) is 22.9. The van der Waals surface area contributed by atoms with Crippen molar-refractivity contribution < 1.29 is 0 Å². The first-order valence-electron chi connectivity index (χ1n) is 24.3. The highest BCUT2D eigenvalue weighted by molar-refractivity contribution is 6.22. The van der Waals surface area contributed by atoms with Crippen LogP contribution in [0, 0.1) is 13.8 Å². The van der Waals surface area contributed by atoms with Crippen LogP contribution in [0.5, 0.6) is 0 Å². The summed E-state index contributed by atoms with van der Waals surface area (Å²) in [5.74, 6) is 0. The Hall–Kier alpha value is -8.32. The highest BCUT2D eigenvalue weighted by Crippen LogP contribution is 2.52.